The minimum absolute atomic E-state index is 0.449. The summed E-state index contributed by atoms with van der Waals surface area (Å²) >= 11 is 0. The van der Waals surface area contributed by atoms with Crippen molar-refractivity contribution in [3.8, 4) is 0 Å². The first kappa shape index (κ1) is 12.5. The molecule has 1 aromatic carbocycles. The molecular formula is C10H10F3NO2. The van der Waals surface area contributed by atoms with Crippen LogP contribution in [0.3, 0.4) is 0 Å². The van der Waals surface area contributed by atoms with E-state index in [9.17, 15) is 23.1 Å². The lowest BCUT2D eigenvalue weighted by Crippen LogP contribution is -2.38. The minimum atomic E-state index is -4.92. The second-order valence-electron chi connectivity index (χ2n) is 3.13. The zero-order chi connectivity index (χ0) is 12.2. The monoisotopic (exact) mass is 233 g/mol. The molecule has 2 N–H and O–H groups in total. The SMILES string of the molecule is O=C(NC[C@@H](O)c1ccccc1)C(F)(F)F. The standard InChI is InChI=1S/C10H10F3NO2/c11-10(12,13)9(16)14-6-8(15)7-4-2-1-3-5-7/h1-5,8,15H,6H2,(H,14,16)/t8-/m1/s1. The van der Waals surface area contributed by atoms with Gasteiger partial charge in [0.2, 0.25) is 0 Å². The summed E-state index contributed by atoms with van der Waals surface area (Å²) < 4.78 is 35.4. The van der Waals surface area contributed by atoms with Crippen LogP contribution in [0.2, 0.25) is 0 Å². The van der Waals surface area contributed by atoms with Crippen molar-refractivity contribution in [1.29, 1.82) is 0 Å². The molecule has 0 aliphatic heterocycles. The Kier molecular flexibility index (Phi) is 3.89. The maximum absolute atomic E-state index is 11.8. The molecule has 0 aliphatic carbocycles. The molecule has 1 atom stereocenters. The smallest absolute Gasteiger partial charge is 0.387 e. The van der Waals surface area contributed by atoms with Crippen molar-refractivity contribution in [1.82, 2.24) is 5.32 Å². The van der Waals surface area contributed by atoms with Gasteiger partial charge in [0, 0.05) is 6.54 Å². The van der Waals surface area contributed by atoms with Gasteiger partial charge in [-0.25, -0.2) is 0 Å². The fraction of sp³-hybridized carbons (Fsp3) is 0.300. The lowest BCUT2D eigenvalue weighted by Gasteiger charge is -2.13. The average molecular weight is 233 g/mol. The van der Waals surface area contributed by atoms with Crippen LogP contribution in [0.4, 0.5) is 13.2 Å². The van der Waals surface area contributed by atoms with Crippen molar-refractivity contribution in [2.75, 3.05) is 6.54 Å². The normalized spacial score (nSPS) is 13.2. The molecule has 1 amide bonds. The number of halogens is 3. The zero-order valence-electron chi connectivity index (χ0n) is 8.16. The first-order valence-electron chi connectivity index (χ1n) is 4.49. The summed E-state index contributed by atoms with van der Waals surface area (Å²) in [7, 11) is 0. The molecule has 0 heterocycles. The zero-order valence-corrected chi connectivity index (χ0v) is 8.16. The largest absolute Gasteiger partial charge is 0.471 e. The Morgan fingerprint density at radius 3 is 2.38 bits per heavy atom. The molecule has 0 unspecified atom stereocenters. The summed E-state index contributed by atoms with van der Waals surface area (Å²) in [5, 5.41) is 11.1. The Bertz CT molecular complexity index is 351. The molecule has 88 valence electrons. The molecule has 0 radical (unpaired) electrons. The molecule has 3 nitrogen and oxygen atoms in total. The van der Waals surface area contributed by atoms with Gasteiger partial charge in [0.25, 0.3) is 0 Å². The van der Waals surface area contributed by atoms with E-state index in [2.05, 4.69) is 0 Å². The molecule has 0 fully saturated rings. The van der Waals surface area contributed by atoms with E-state index < -0.39 is 24.7 Å². The number of hydrogen-bond donors (Lipinski definition) is 2. The summed E-state index contributed by atoms with van der Waals surface area (Å²) in [5.74, 6) is -2.05. The van der Waals surface area contributed by atoms with E-state index in [4.69, 9.17) is 0 Å². The van der Waals surface area contributed by atoms with Crippen molar-refractivity contribution >= 4 is 5.91 Å². The number of rotatable bonds is 3. The maximum Gasteiger partial charge on any atom is 0.471 e. The summed E-state index contributed by atoms with van der Waals surface area (Å²) in [6, 6.07) is 8.12. The molecule has 6 heteroatoms. The Labute approximate surface area is 89.9 Å². The Balaban J connectivity index is 2.48. The van der Waals surface area contributed by atoms with E-state index in [1.807, 2.05) is 0 Å². The molecule has 0 saturated heterocycles. The molecule has 0 spiro atoms. The molecular weight excluding hydrogens is 223 g/mol. The van der Waals surface area contributed by atoms with Gasteiger partial charge >= 0.3 is 12.1 Å². The predicted octanol–water partition coefficient (Wildman–Crippen LogP) is 1.40. The quantitative estimate of drug-likeness (QED) is 0.829. The second kappa shape index (κ2) is 4.98. The number of nitrogens with one attached hydrogen (secondary N) is 1. The fourth-order valence-electron chi connectivity index (χ4n) is 1.08. The van der Waals surface area contributed by atoms with Gasteiger partial charge in [-0.15, -0.1) is 0 Å². The van der Waals surface area contributed by atoms with Crippen LogP contribution < -0.4 is 5.32 Å². The molecule has 16 heavy (non-hydrogen) atoms. The average Bonchev–Trinajstić information content (AvgIpc) is 2.25. The summed E-state index contributed by atoms with van der Waals surface area (Å²) in [6.45, 7) is -0.470. The first-order valence-corrected chi connectivity index (χ1v) is 4.49. The Morgan fingerprint density at radius 2 is 1.88 bits per heavy atom. The number of amides is 1. The van der Waals surface area contributed by atoms with Crippen LogP contribution in [0.5, 0.6) is 0 Å². The van der Waals surface area contributed by atoms with E-state index >= 15 is 0 Å². The topological polar surface area (TPSA) is 49.3 Å². The third kappa shape index (κ3) is 3.54. The van der Waals surface area contributed by atoms with Gasteiger partial charge in [-0.3, -0.25) is 4.79 Å². The van der Waals surface area contributed by atoms with Crippen LogP contribution in [0.15, 0.2) is 30.3 Å². The predicted molar refractivity (Wildman–Crippen MR) is 50.5 cm³/mol. The van der Waals surface area contributed by atoms with Gasteiger partial charge in [0.05, 0.1) is 6.10 Å². The van der Waals surface area contributed by atoms with Crippen LogP contribution in [0.1, 0.15) is 11.7 Å². The van der Waals surface area contributed by atoms with Gasteiger partial charge in [-0.2, -0.15) is 13.2 Å². The third-order valence-electron chi connectivity index (χ3n) is 1.90. The first-order chi connectivity index (χ1) is 7.41. The van der Waals surface area contributed by atoms with Gasteiger partial charge in [-0.05, 0) is 5.56 Å². The number of benzene rings is 1. The molecule has 1 rings (SSSR count). The summed E-state index contributed by atoms with van der Waals surface area (Å²) in [4.78, 5) is 10.5. The van der Waals surface area contributed by atoms with Gasteiger partial charge in [0.1, 0.15) is 0 Å². The van der Waals surface area contributed by atoms with E-state index in [-0.39, 0.29) is 0 Å². The fourth-order valence-corrected chi connectivity index (χ4v) is 1.08. The van der Waals surface area contributed by atoms with E-state index in [1.165, 1.54) is 0 Å². The van der Waals surface area contributed by atoms with Crippen LogP contribution in [-0.2, 0) is 4.79 Å². The number of aliphatic hydroxyl groups excluding tert-OH is 1. The highest BCUT2D eigenvalue weighted by Crippen LogP contribution is 2.15. The van der Waals surface area contributed by atoms with E-state index in [0.29, 0.717) is 5.56 Å². The van der Waals surface area contributed by atoms with Crippen LogP contribution >= 0.6 is 0 Å². The van der Waals surface area contributed by atoms with E-state index in [1.54, 1.807) is 35.6 Å². The Hall–Kier alpha value is -1.56. The van der Waals surface area contributed by atoms with Crippen LogP contribution in [0.25, 0.3) is 0 Å². The molecule has 0 aliphatic rings. The molecule has 0 bridgehead atoms. The highest BCUT2D eigenvalue weighted by Gasteiger charge is 2.38. The van der Waals surface area contributed by atoms with Gasteiger partial charge in [0.15, 0.2) is 0 Å². The number of carbonyl (C=O) groups excluding carboxylic acids is 1. The molecule has 1 aromatic rings. The summed E-state index contributed by atoms with van der Waals surface area (Å²) in [6.07, 6.45) is -6.07. The summed E-state index contributed by atoms with van der Waals surface area (Å²) in [5.41, 5.74) is 0.449. The Morgan fingerprint density at radius 1 is 1.31 bits per heavy atom. The van der Waals surface area contributed by atoms with Crippen molar-refractivity contribution in [3.05, 3.63) is 35.9 Å². The maximum atomic E-state index is 11.8. The van der Waals surface area contributed by atoms with Crippen molar-refractivity contribution in [2.45, 2.75) is 12.3 Å². The highest BCUT2D eigenvalue weighted by atomic mass is 19.4. The minimum Gasteiger partial charge on any atom is -0.387 e. The number of hydrogen-bond acceptors (Lipinski definition) is 2. The van der Waals surface area contributed by atoms with Gasteiger partial charge < -0.3 is 10.4 Å². The lowest BCUT2D eigenvalue weighted by molar-refractivity contribution is -0.174. The molecule has 0 aromatic heterocycles. The van der Waals surface area contributed by atoms with Gasteiger partial charge in [-0.1, -0.05) is 30.3 Å². The highest BCUT2D eigenvalue weighted by molar-refractivity contribution is 5.81. The van der Waals surface area contributed by atoms with Crippen molar-refractivity contribution < 1.29 is 23.1 Å². The van der Waals surface area contributed by atoms with Crippen LogP contribution in [-0.4, -0.2) is 23.7 Å². The molecule has 0 saturated carbocycles. The number of aliphatic hydroxyl groups is 1. The van der Waals surface area contributed by atoms with Crippen LogP contribution in [0, 0.1) is 0 Å². The van der Waals surface area contributed by atoms with E-state index in [0.717, 1.165) is 0 Å². The van der Waals surface area contributed by atoms with Crippen molar-refractivity contribution in [2.24, 2.45) is 0 Å². The number of carbonyl (C=O) groups is 1. The number of alkyl halides is 3. The second-order valence-corrected chi connectivity index (χ2v) is 3.13. The van der Waals surface area contributed by atoms with Crippen molar-refractivity contribution in [3.63, 3.8) is 0 Å². The lowest BCUT2D eigenvalue weighted by atomic mass is 10.1. The third-order valence-corrected chi connectivity index (χ3v) is 1.90.